The van der Waals surface area contributed by atoms with E-state index in [1.165, 1.54) is 16.7 Å². The van der Waals surface area contributed by atoms with E-state index in [-0.39, 0.29) is 5.41 Å². The fourth-order valence-electron chi connectivity index (χ4n) is 2.37. The molecule has 1 aliphatic carbocycles. The third-order valence-electron chi connectivity index (χ3n) is 3.66. The van der Waals surface area contributed by atoms with Crippen LogP contribution >= 0.6 is 0 Å². The summed E-state index contributed by atoms with van der Waals surface area (Å²) in [5, 5.41) is 0. The Labute approximate surface area is 108 Å². The number of allylic oxidation sites excluding steroid dienone is 6. The Balaban J connectivity index is 3.15. The lowest BCUT2D eigenvalue weighted by atomic mass is 9.70. The van der Waals surface area contributed by atoms with E-state index in [9.17, 15) is 0 Å². The van der Waals surface area contributed by atoms with Crippen LogP contribution in [0.2, 0.25) is 19.6 Å². The zero-order valence-electron chi connectivity index (χ0n) is 12.2. The van der Waals surface area contributed by atoms with Gasteiger partial charge < -0.3 is 0 Å². The van der Waals surface area contributed by atoms with Gasteiger partial charge in [0.15, 0.2) is 0 Å². The highest BCUT2D eigenvalue weighted by atomic mass is 28.3. The molecule has 0 N–H and O–H groups in total. The number of rotatable bonds is 3. The van der Waals surface area contributed by atoms with Gasteiger partial charge in [0.2, 0.25) is 0 Å². The van der Waals surface area contributed by atoms with Gasteiger partial charge in [-0.1, -0.05) is 61.6 Å². The van der Waals surface area contributed by atoms with Gasteiger partial charge in [-0.15, -0.1) is 6.58 Å². The molecule has 1 rings (SSSR count). The van der Waals surface area contributed by atoms with Gasteiger partial charge in [0, 0.05) is 5.41 Å². The maximum Gasteiger partial charge on any atom is 0.0694 e. The first-order valence-electron chi connectivity index (χ1n) is 6.40. The summed E-state index contributed by atoms with van der Waals surface area (Å²) in [7, 11) is -1.14. The first-order valence-corrected chi connectivity index (χ1v) is 9.98. The molecule has 17 heavy (non-hydrogen) atoms. The second-order valence-corrected chi connectivity index (χ2v) is 11.5. The van der Waals surface area contributed by atoms with Gasteiger partial charge in [-0.25, -0.2) is 0 Å². The SMILES string of the molecule is C=CCC1(C)C(C)=CC(=C[Si](C)(C)C)C=C1C. The Morgan fingerprint density at radius 2 is 1.65 bits per heavy atom. The van der Waals surface area contributed by atoms with Crippen molar-refractivity contribution < 1.29 is 0 Å². The van der Waals surface area contributed by atoms with Crippen molar-refractivity contribution in [3.63, 3.8) is 0 Å². The first-order chi connectivity index (χ1) is 7.69. The third kappa shape index (κ3) is 3.32. The van der Waals surface area contributed by atoms with Gasteiger partial charge in [0.1, 0.15) is 0 Å². The molecule has 0 heterocycles. The standard InChI is InChI=1S/C16H26Si/c1-8-9-16(4)13(2)10-15(11-14(16)3)12-17(5,6)7/h8,10-12H,1,9H2,2-7H3. The van der Waals surface area contributed by atoms with Crippen LogP contribution in [-0.2, 0) is 0 Å². The Morgan fingerprint density at radius 3 is 2.00 bits per heavy atom. The van der Waals surface area contributed by atoms with Crippen LogP contribution in [0.1, 0.15) is 27.2 Å². The van der Waals surface area contributed by atoms with Gasteiger partial charge in [0.05, 0.1) is 8.07 Å². The van der Waals surface area contributed by atoms with Crippen molar-refractivity contribution in [2.75, 3.05) is 0 Å². The Morgan fingerprint density at radius 1 is 1.18 bits per heavy atom. The molecular formula is C16H26Si. The fourth-order valence-corrected chi connectivity index (χ4v) is 3.53. The highest BCUT2D eigenvalue weighted by Crippen LogP contribution is 2.42. The van der Waals surface area contributed by atoms with Crippen LogP contribution in [0.15, 0.2) is 47.2 Å². The largest absolute Gasteiger partial charge is 0.103 e. The lowest BCUT2D eigenvalue weighted by Crippen LogP contribution is -2.23. The minimum atomic E-state index is -1.14. The minimum Gasteiger partial charge on any atom is -0.103 e. The molecule has 0 nitrogen and oxygen atoms in total. The van der Waals surface area contributed by atoms with Crippen LogP contribution in [-0.4, -0.2) is 8.07 Å². The van der Waals surface area contributed by atoms with Crippen molar-refractivity contribution in [1.82, 2.24) is 0 Å². The summed E-state index contributed by atoms with van der Waals surface area (Å²) in [5.41, 5.74) is 6.98. The summed E-state index contributed by atoms with van der Waals surface area (Å²) >= 11 is 0. The first kappa shape index (κ1) is 14.2. The maximum atomic E-state index is 3.89. The molecule has 0 bridgehead atoms. The second-order valence-electron chi connectivity index (χ2n) is 6.49. The lowest BCUT2D eigenvalue weighted by Gasteiger charge is -2.34. The number of hydrogen-bond donors (Lipinski definition) is 0. The van der Waals surface area contributed by atoms with E-state index in [0.29, 0.717) is 0 Å². The van der Waals surface area contributed by atoms with Gasteiger partial charge in [-0.3, -0.25) is 0 Å². The predicted octanol–water partition coefficient (Wildman–Crippen LogP) is 5.28. The maximum absolute atomic E-state index is 3.89. The van der Waals surface area contributed by atoms with Gasteiger partial charge in [-0.05, 0) is 25.8 Å². The molecule has 0 radical (unpaired) electrons. The van der Waals surface area contributed by atoms with E-state index in [4.69, 9.17) is 0 Å². The van der Waals surface area contributed by atoms with Gasteiger partial charge in [-0.2, -0.15) is 0 Å². The quantitative estimate of drug-likeness (QED) is 0.469. The van der Waals surface area contributed by atoms with Crippen molar-refractivity contribution in [3.8, 4) is 0 Å². The molecule has 0 fully saturated rings. The van der Waals surface area contributed by atoms with Crippen molar-refractivity contribution in [2.45, 2.75) is 46.8 Å². The molecule has 0 saturated heterocycles. The summed E-state index contributed by atoms with van der Waals surface area (Å²) in [5.74, 6) is 0. The third-order valence-corrected chi connectivity index (χ3v) is 4.86. The number of hydrogen-bond acceptors (Lipinski definition) is 0. The van der Waals surface area contributed by atoms with Crippen LogP contribution in [0.25, 0.3) is 0 Å². The van der Waals surface area contributed by atoms with Crippen molar-refractivity contribution in [1.29, 1.82) is 0 Å². The fraction of sp³-hybridized carbons (Fsp3) is 0.500. The van der Waals surface area contributed by atoms with Crippen LogP contribution in [0.3, 0.4) is 0 Å². The molecule has 0 aromatic rings. The molecule has 1 aliphatic rings. The van der Waals surface area contributed by atoms with E-state index in [1.54, 1.807) is 0 Å². The average Bonchev–Trinajstić information content (AvgIpc) is 2.12. The molecule has 0 unspecified atom stereocenters. The smallest absolute Gasteiger partial charge is 0.0694 e. The normalized spacial score (nSPS) is 25.2. The molecule has 0 spiro atoms. The summed E-state index contributed by atoms with van der Waals surface area (Å²) in [4.78, 5) is 0. The Hall–Kier alpha value is -0.823. The Bertz CT molecular complexity index is 378. The molecule has 0 aliphatic heterocycles. The molecular weight excluding hydrogens is 220 g/mol. The molecule has 0 aromatic heterocycles. The summed E-state index contributed by atoms with van der Waals surface area (Å²) in [6.45, 7) is 17.8. The molecule has 0 amide bonds. The van der Waals surface area contributed by atoms with Crippen molar-refractivity contribution in [3.05, 3.63) is 47.2 Å². The summed E-state index contributed by atoms with van der Waals surface area (Å²) in [6.07, 6.45) is 7.77. The monoisotopic (exact) mass is 246 g/mol. The van der Waals surface area contributed by atoms with Crippen LogP contribution in [0.4, 0.5) is 0 Å². The highest BCUT2D eigenvalue weighted by Gasteiger charge is 2.29. The van der Waals surface area contributed by atoms with Crippen LogP contribution < -0.4 is 0 Å². The van der Waals surface area contributed by atoms with Gasteiger partial charge >= 0.3 is 0 Å². The molecule has 0 saturated carbocycles. The molecule has 0 atom stereocenters. The van der Waals surface area contributed by atoms with Crippen molar-refractivity contribution >= 4 is 8.07 Å². The molecule has 1 heteroatoms. The van der Waals surface area contributed by atoms with E-state index < -0.39 is 8.07 Å². The van der Waals surface area contributed by atoms with Crippen molar-refractivity contribution in [2.24, 2.45) is 5.41 Å². The topological polar surface area (TPSA) is 0 Å². The Kier molecular flexibility index (Phi) is 4.03. The van der Waals surface area contributed by atoms with E-state index >= 15 is 0 Å². The summed E-state index contributed by atoms with van der Waals surface area (Å²) in [6, 6.07) is 0. The van der Waals surface area contributed by atoms with E-state index in [0.717, 1.165) is 6.42 Å². The molecule has 0 aromatic carbocycles. The van der Waals surface area contributed by atoms with Crippen LogP contribution in [0, 0.1) is 5.41 Å². The highest BCUT2D eigenvalue weighted by molar-refractivity contribution is 6.81. The minimum absolute atomic E-state index is 0.179. The molecule has 94 valence electrons. The zero-order chi connectivity index (χ0) is 13.3. The summed E-state index contributed by atoms with van der Waals surface area (Å²) < 4.78 is 0. The average molecular weight is 246 g/mol. The van der Waals surface area contributed by atoms with E-state index in [1.807, 2.05) is 6.08 Å². The van der Waals surface area contributed by atoms with E-state index in [2.05, 4.69) is 64.8 Å². The second kappa shape index (κ2) is 4.81. The van der Waals surface area contributed by atoms with Gasteiger partial charge in [0.25, 0.3) is 0 Å². The predicted molar refractivity (Wildman–Crippen MR) is 81.9 cm³/mol. The zero-order valence-corrected chi connectivity index (χ0v) is 13.2. The van der Waals surface area contributed by atoms with Crippen LogP contribution in [0.5, 0.6) is 0 Å². The lowest BCUT2D eigenvalue weighted by molar-refractivity contribution is 0.482.